The molecule has 1 amide bonds. The third-order valence-electron chi connectivity index (χ3n) is 4.28. The summed E-state index contributed by atoms with van der Waals surface area (Å²) >= 11 is 5.93. The number of carbonyl (C=O) groups excluding carboxylic acids is 1. The summed E-state index contributed by atoms with van der Waals surface area (Å²) in [5, 5.41) is 0.497. The van der Waals surface area contributed by atoms with E-state index in [-0.39, 0.29) is 5.91 Å². The molecule has 24 heavy (non-hydrogen) atoms. The van der Waals surface area contributed by atoms with Gasteiger partial charge < -0.3 is 14.4 Å². The molecule has 0 saturated carbocycles. The predicted molar refractivity (Wildman–Crippen MR) is 93.1 cm³/mol. The van der Waals surface area contributed by atoms with Crippen molar-refractivity contribution in [3.05, 3.63) is 47.8 Å². The molecular formula is C17H22ClN5O. The maximum atomic E-state index is 12.6. The number of rotatable bonds is 5. The molecule has 2 aromatic rings. The first kappa shape index (κ1) is 16.9. The number of aryl methyl sites for hydroxylation is 1. The van der Waals surface area contributed by atoms with Gasteiger partial charge in [-0.25, -0.2) is 4.98 Å². The van der Waals surface area contributed by atoms with Crippen molar-refractivity contribution < 1.29 is 4.79 Å². The van der Waals surface area contributed by atoms with Crippen molar-refractivity contribution in [2.75, 3.05) is 32.7 Å². The average molecular weight is 348 g/mol. The minimum absolute atomic E-state index is 0.0188. The molecule has 1 saturated heterocycles. The van der Waals surface area contributed by atoms with Crippen LogP contribution < -0.4 is 0 Å². The number of imidazole rings is 1. The molecule has 6 nitrogen and oxygen atoms in total. The molecule has 0 unspecified atom stereocenters. The molecule has 0 radical (unpaired) electrons. The summed E-state index contributed by atoms with van der Waals surface area (Å²) in [5.41, 5.74) is 0.566. The van der Waals surface area contributed by atoms with Crippen molar-refractivity contribution in [1.29, 1.82) is 0 Å². The van der Waals surface area contributed by atoms with Gasteiger partial charge in [-0.05, 0) is 32.0 Å². The second-order valence-corrected chi connectivity index (χ2v) is 6.47. The quantitative estimate of drug-likeness (QED) is 0.831. The first-order chi connectivity index (χ1) is 11.7. The summed E-state index contributed by atoms with van der Waals surface area (Å²) in [5.74, 6) is 0.0188. The monoisotopic (exact) mass is 347 g/mol. The number of hydrogen-bond donors (Lipinski definition) is 0. The van der Waals surface area contributed by atoms with Crippen molar-refractivity contribution in [3.8, 4) is 0 Å². The molecular weight excluding hydrogens is 326 g/mol. The minimum atomic E-state index is 0.0188. The Morgan fingerprint density at radius 1 is 1.12 bits per heavy atom. The first-order valence-corrected chi connectivity index (χ1v) is 8.68. The summed E-state index contributed by atoms with van der Waals surface area (Å²) < 4.78 is 2.10. The van der Waals surface area contributed by atoms with E-state index in [1.807, 2.05) is 17.4 Å². The van der Waals surface area contributed by atoms with Crippen LogP contribution in [0.3, 0.4) is 0 Å². The van der Waals surface area contributed by atoms with E-state index in [1.54, 1.807) is 24.7 Å². The molecule has 0 atom stereocenters. The number of halogens is 1. The highest BCUT2D eigenvalue weighted by Crippen LogP contribution is 2.13. The molecule has 7 heteroatoms. The minimum Gasteiger partial charge on any atom is -0.337 e. The topological polar surface area (TPSA) is 54.3 Å². The van der Waals surface area contributed by atoms with Gasteiger partial charge in [0.1, 0.15) is 0 Å². The molecule has 128 valence electrons. The Labute approximate surface area is 147 Å². The SMILES string of the molecule is O=C(c1cncc(Cl)c1)N1CCCN(CCCn2ccnc2)CC1. The van der Waals surface area contributed by atoms with Gasteiger partial charge in [0.2, 0.25) is 0 Å². The molecule has 1 aliphatic heterocycles. The van der Waals surface area contributed by atoms with Crippen LogP contribution in [0.5, 0.6) is 0 Å². The fourth-order valence-corrected chi connectivity index (χ4v) is 3.18. The lowest BCUT2D eigenvalue weighted by molar-refractivity contribution is 0.0761. The molecule has 1 aliphatic rings. The van der Waals surface area contributed by atoms with Crippen LogP contribution in [0.2, 0.25) is 5.02 Å². The summed E-state index contributed by atoms with van der Waals surface area (Å²) in [6, 6.07) is 1.69. The molecule has 3 rings (SSSR count). The van der Waals surface area contributed by atoms with Gasteiger partial charge in [-0.2, -0.15) is 0 Å². The second kappa shape index (κ2) is 8.26. The van der Waals surface area contributed by atoms with E-state index >= 15 is 0 Å². The number of aromatic nitrogens is 3. The van der Waals surface area contributed by atoms with Gasteiger partial charge in [-0.15, -0.1) is 0 Å². The van der Waals surface area contributed by atoms with E-state index in [0.717, 1.165) is 52.1 Å². The lowest BCUT2D eigenvalue weighted by Crippen LogP contribution is -2.35. The number of nitrogens with zero attached hydrogens (tertiary/aromatic N) is 5. The van der Waals surface area contributed by atoms with Gasteiger partial charge in [0.25, 0.3) is 5.91 Å². The Balaban J connectivity index is 1.48. The summed E-state index contributed by atoms with van der Waals surface area (Å²) in [4.78, 5) is 25.0. The zero-order valence-electron chi connectivity index (χ0n) is 13.6. The van der Waals surface area contributed by atoms with Crippen molar-refractivity contribution in [3.63, 3.8) is 0 Å². The van der Waals surface area contributed by atoms with Crippen molar-refractivity contribution in [2.24, 2.45) is 0 Å². The lowest BCUT2D eigenvalue weighted by atomic mass is 10.2. The Hall–Kier alpha value is -1.92. The van der Waals surface area contributed by atoms with Gasteiger partial charge in [-0.3, -0.25) is 9.78 Å². The van der Waals surface area contributed by atoms with Crippen LogP contribution in [0.4, 0.5) is 0 Å². The Kier molecular flexibility index (Phi) is 5.82. The zero-order valence-corrected chi connectivity index (χ0v) is 14.4. The maximum Gasteiger partial charge on any atom is 0.255 e. The largest absolute Gasteiger partial charge is 0.337 e. The second-order valence-electron chi connectivity index (χ2n) is 6.03. The van der Waals surface area contributed by atoms with E-state index in [0.29, 0.717) is 10.6 Å². The number of amides is 1. The lowest BCUT2D eigenvalue weighted by Gasteiger charge is -2.22. The summed E-state index contributed by atoms with van der Waals surface area (Å²) in [6.07, 6.45) is 10.8. The smallest absolute Gasteiger partial charge is 0.255 e. The first-order valence-electron chi connectivity index (χ1n) is 8.30. The van der Waals surface area contributed by atoms with Crippen LogP contribution in [0, 0.1) is 0 Å². The van der Waals surface area contributed by atoms with Crippen LogP contribution in [-0.2, 0) is 6.54 Å². The van der Waals surface area contributed by atoms with E-state index in [2.05, 4.69) is 19.4 Å². The molecule has 1 fully saturated rings. The molecule has 0 aromatic carbocycles. The summed E-state index contributed by atoms with van der Waals surface area (Å²) in [7, 11) is 0. The molecule has 3 heterocycles. The van der Waals surface area contributed by atoms with E-state index in [9.17, 15) is 4.79 Å². The number of hydrogen-bond acceptors (Lipinski definition) is 4. The highest BCUT2D eigenvalue weighted by Gasteiger charge is 2.20. The average Bonchev–Trinajstić information content (AvgIpc) is 2.99. The van der Waals surface area contributed by atoms with Crippen molar-refractivity contribution >= 4 is 17.5 Å². The third-order valence-corrected chi connectivity index (χ3v) is 4.48. The van der Waals surface area contributed by atoms with Crippen LogP contribution >= 0.6 is 11.6 Å². The molecule has 0 aliphatic carbocycles. The van der Waals surface area contributed by atoms with Gasteiger partial charge in [0.15, 0.2) is 0 Å². The zero-order chi connectivity index (χ0) is 16.8. The molecule has 2 aromatic heterocycles. The fraction of sp³-hybridized carbons (Fsp3) is 0.471. The van der Waals surface area contributed by atoms with Crippen LogP contribution in [0.15, 0.2) is 37.2 Å². The van der Waals surface area contributed by atoms with Crippen LogP contribution in [0.1, 0.15) is 23.2 Å². The van der Waals surface area contributed by atoms with E-state index in [1.165, 1.54) is 0 Å². The normalized spacial score (nSPS) is 16.1. The number of carbonyl (C=O) groups is 1. The summed E-state index contributed by atoms with van der Waals surface area (Å²) in [6.45, 7) is 5.48. The Bertz CT molecular complexity index is 661. The highest BCUT2D eigenvalue weighted by atomic mass is 35.5. The van der Waals surface area contributed by atoms with Gasteiger partial charge in [0, 0.05) is 51.0 Å². The van der Waals surface area contributed by atoms with Gasteiger partial charge in [0.05, 0.1) is 16.9 Å². The van der Waals surface area contributed by atoms with Gasteiger partial charge >= 0.3 is 0 Å². The molecule has 0 N–H and O–H groups in total. The Morgan fingerprint density at radius 2 is 2.04 bits per heavy atom. The van der Waals surface area contributed by atoms with E-state index < -0.39 is 0 Å². The number of pyridine rings is 1. The fourth-order valence-electron chi connectivity index (χ4n) is 3.00. The molecule has 0 spiro atoms. The third kappa shape index (κ3) is 4.55. The van der Waals surface area contributed by atoms with Crippen molar-refractivity contribution in [2.45, 2.75) is 19.4 Å². The highest BCUT2D eigenvalue weighted by molar-refractivity contribution is 6.30. The van der Waals surface area contributed by atoms with Crippen LogP contribution in [0.25, 0.3) is 0 Å². The standard InChI is InChI=1S/C17H22ClN5O/c18-16-11-15(12-20-13-16)17(24)23-7-2-5-21(9-10-23)4-1-6-22-8-3-19-14-22/h3,8,11-14H,1-2,4-7,9-10H2. The molecule has 0 bridgehead atoms. The van der Waals surface area contributed by atoms with E-state index in [4.69, 9.17) is 11.6 Å². The van der Waals surface area contributed by atoms with Crippen molar-refractivity contribution in [1.82, 2.24) is 24.3 Å². The van der Waals surface area contributed by atoms with Gasteiger partial charge in [-0.1, -0.05) is 11.6 Å². The van der Waals surface area contributed by atoms with Crippen LogP contribution in [-0.4, -0.2) is 63.0 Å². The Morgan fingerprint density at radius 3 is 2.83 bits per heavy atom. The predicted octanol–water partition coefficient (Wildman–Crippen LogP) is 2.17. The maximum absolute atomic E-state index is 12.6.